The minimum atomic E-state index is -0.886. The number of aliphatic hydroxyl groups is 1. The molecule has 0 spiro atoms. The molecule has 0 saturated heterocycles. The van der Waals surface area contributed by atoms with Crippen LogP contribution in [-0.2, 0) is 19.1 Å². The van der Waals surface area contributed by atoms with Crippen LogP contribution in [0.15, 0.2) is 0 Å². The highest BCUT2D eigenvalue weighted by Crippen LogP contribution is 2.62. The molecule has 1 N–H and O–H groups in total. The third-order valence-corrected chi connectivity index (χ3v) is 4.14. The first-order chi connectivity index (χ1) is 7.50. The van der Waals surface area contributed by atoms with Crippen LogP contribution in [0.4, 0.5) is 0 Å². The number of ether oxygens (including phenoxy) is 2. The van der Waals surface area contributed by atoms with Crippen molar-refractivity contribution in [2.24, 2.45) is 10.8 Å². The Kier molecular flexibility index (Phi) is 2.45. The molecule has 0 radical (unpaired) electrons. The third-order valence-electron chi connectivity index (χ3n) is 4.14. The van der Waals surface area contributed by atoms with E-state index in [4.69, 9.17) is 9.47 Å². The summed E-state index contributed by atoms with van der Waals surface area (Å²) in [5.41, 5.74) is -1.56. The van der Waals surface area contributed by atoms with Crippen LogP contribution in [0.2, 0.25) is 0 Å². The molecule has 2 aliphatic rings. The smallest absolute Gasteiger partial charge is 0.314 e. The van der Waals surface area contributed by atoms with Crippen LogP contribution >= 0.6 is 0 Å². The van der Waals surface area contributed by atoms with Crippen LogP contribution < -0.4 is 0 Å². The summed E-state index contributed by atoms with van der Waals surface area (Å²) in [6.07, 6.45) is 0.935. The van der Waals surface area contributed by atoms with E-state index in [9.17, 15) is 14.7 Å². The zero-order valence-electron chi connectivity index (χ0n) is 9.49. The van der Waals surface area contributed by atoms with Crippen molar-refractivity contribution in [2.45, 2.75) is 31.8 Å². The van der Waals surface area contributed by atoms with Crippen molar-refractivity contribution in [3.8, 4) is 0 Å². The Labute approximate surface area is 93.7 Å². The highest BCUT2D eigenvalue weighted by molar-refractivity contribution is 5.85. The highest BCUT2D eigenvalue weighted by atomic mass is 16.5. The number of carbonyl (C=O) groups excluding carboxylic acids is 2. The predicted octanol–water partition coefficient (Wildman–Crippen LogP) is 0.254. The van der Waals surface area contributed by atoms with Crippen molar-refractivity contribution in [1.29, 1.82) is 0 Å². The number of carbonyl (C=O) groups is 2. The summed E-state index contributed by atoms with van der Waals surface area (Å²) in [6.45, 7) is 0. The van der Waals surface area contributed by atoms with Crippen LogP contribution in [0.25, 0.3) is 0 Å². The van der Waals surface area contributed by atoms with Gasteiger partial charge in [0, 0.05) is 0 Å². The van der Waals surface area contributed by atoms with Gasteiger partial charge in [-0.2, -0.15) is 0 Å². The van der Waals surface area contributed by atoms with Gasteiger partial charge in [0.2, 0.25) is 0 Å². The average Bonchev–Trinajstić information content (AvgIpc) is 2.81. The largest absolute Gasteiger partial charge is 0.469 e. The van der Waals surface area contributed by atoms with E-state index in [1.54, 1.807) is 0 Å². The first-order valence-electron chi connectivity index (χ1n) is 5.36. The van der Waals surface area contributed by atoms with E-state index in [1.807, 2.05) is 0 Å². The number of hydrogen-bond acceptors (Lipinski definition) is 5. The number of hydrogen-bond donors (Lipinski definition) is 1. The maximum absolute atomic E-state index is 11.7. The lowest BCUT2D eigenvalue weighted by molar-refractivity contribution is -0.159. The summed E-state index contributed by atoms with van der Waals surface area (Å²) in [4.78, 5) is 23.4. The SMILES string of the molecule is COC(=O)[C@@]12CC[C@@](C(=O)OC)(C1)[C@H](O)C2. The van der Waals surface area contributed by atoms with Crippen molar-refractivity contribution in [3.63, 3.8) is 0 Å². The molecule has 2 saturated carbocycles. The van der Waals surface area contributed by atoms with E-state index in [-0.39, 0.29) is 5.97 Å². The third kappa shape index (κ3) is 1.21. The number of methoxy groups -OCH3 is 2. The molecule has 16 heavy (non-hydrogen) atoms. The molecule has 0 heterocycles. The lowest BCUT2D eigenvalue weighted by Gasteiger charge is -2.29. The number of fused-ring (bicyclic) bond motifs is 2. The normalized spacial score (nSPS) is 40.8. The van der Waals surface area contributed by atoms with Crippen molar-refractivity contribution < 1.29 is 24.2 Å². The molecule has 2 aliphatic carbocycles. The van der Waals surface area contributed by atoms with Crippen LogP contribution in [0, 0.1) is 10.8 Å². The highest BCUT2D eigenvalue weighted by Gasteiger charge is 2.67. The van der Waals surface area contributed by atoms with E-state index in [2.05, 4.69) is 0 Å². The number of rotatable bonds is 2. The van der Waals surface area contributed by atoms with Crippen molar-refractivity contribution in [1.82, 2.24) is 0 Å². The summed E-state index contributed by atoms with van der Waals surface area (Å²) in [5, 5.41) is 9.97. The molecule has 2 rings (SSSR count). The molecule has 0 aliphatic heterocycles. The molecule has 2 fully saturated rings. The van der Waals surface area contributed by atoms with Gasteiger partial charge in [0.05, 0.1) is 31.2 Å². The minimum absolute atomic E-state index is 0.300. The number of esters is 2. The van der Waals surface area contributed by atoms with Crippen LogP contribution in [0.1, 0.15) is 25.7 Å². The molecular formula is C11H16O5. The fourth-order valence-electron chi connectivity index (χ4n) is 3.25. The molecule has 0 aromatic rings. The van der Waals surface area contributed by atoms with Gasteiger partial charge in [-0.15, -0.1) is 0 Å². The maximum atomic E-state index is 11.7. The molecule has 0 aromatic carbocycles. The summed E-state index contributed by atoms with van der Waals surface area (Å²) in [6, 6.07) is 0. The summed E-state index contributed by atoms with van der Waals surface area (Å²) in [5.74, 6) is -0.738. The summed E-state index contributed by atoms with van der Waals surface area (Å²) >= 11 is 0. The lowest BCUT2D eigenvalue weighted by atomic mass is 9.80. The first kappa shape index (κ1) is 11.4. The molecule has 2 bridgehead atoms. The van der Waals surface area contributed by atoms with Gasteiger partial charge < -0.3 is 14.6 Å². The zero-order valence-corrected chi connectivity index (χ0v) is 9.49. The molecule has 0 aromatic heterocycles. The lowest BCUT2D eigenvalue weighted by Crippen LogP contribution is -2.39. The predicted molar refractivity (Wildman–Crippen MR) is 53.4 cm³/mol. The maximum Gasteiger partial charge on any atom is 0.314 e. The molecule has 90 valence electrons. The minimum Gasteiger partial charge on any atom is -0.469 e. The fourth-order valence-corrected chi connectivity index (χ4v) is 3.25. The second-order valence-corrected chi connectivity index (χ2v) is 4.82. The second-order valence-electron chi connectivity index (χ2n) is 4.82. The van der Waals surface area contributed by atoms with Gasteiger partial charge in [-0.25, -0.2) is 0 Å². The molecular weight excluding hydrogens is 212 g/mol. The monoisotopic (exact) mass is 228 g/mol. The van der Waals surface area contributed by atoms with Gasteiger partial charge in [-0.3, -0.25) is 9.59 Å². The van der Waals surface area contributed by atoms with E-state index < -0.39 is 22.9 Å². The Hall–Kier alpha value is -1.10. The van der Waals surface area contributed by atoms with Gasteiger partial charge in [0.25, 0.3) is 0 Å². The molecule has 5 heteroatoms. The Morgan fingerprint density at radius 2 is 1.81 bits per heavy atom. The van der Waals surface area contributed by atoms with Gasteiger partial charge in [-0.1, -0.05) is 0 Å². The quantitative estimate of drug-likeness (QED) is 0.686. The van der Waals surface area contributed by atoms with Gasteiger partial charge in [0.15, 0.2) is 0 Å². The topological polar surface area (TPSA) is 72.8 Å². The van der Waals surface area contributed by atoms with Crippen molar-refractivity contribution >= 4 is 11.9 Å². The van der Waals surface area contributed by atoms with Gasteiger partial charge in [0.1, 0.15) is 0 Å². The Balaban J connectivity index is 2.30. The van der Waals surface area contributed by atoms with Gasteiger partial charge >= 0.3 is 11.9 Å². The molecule has 0 unspecified atom stereocenters. The van der Waals surface area contributed by atoms with E-state index >= 15 is 0 Å². The summed E-state index contributed by atoms with van der Waals surface area (Å²) < 4.78 is 9.49. The van der Waals surface area contributed by atoms with Crippen molar-refractivity contribution in [3.05, 3.63) is 0 Å². The number of aliphatic hydroxyl groups excluding tert-OH is 1. The van der Waals surface area contributed by atoms with E-state index in [1.165, 1.54) is 14.2 Å². The average molecular weight is 228 g/mol. The Morgan fingerprint density at radius 3 is 2.31 bits per heavy atom. The van der Waals surface area contributed by atoms with E-state index in [0.717, 1.165) is 0 Å². The van der Waals surface area contributed by atoms with Crippen LogP contribution in [-0.4, -0.2) is 37.4 Å². The summed E-state index contributed by atoms with van der Waals surface area (Å²) in [7, 11) is 2.64. The van der Waals surface area contributed by atoms with Gasteiger partial charge in [-0.05, 0) is 25.7 Å². The molecule has 0 amide bonds. The second kappa shape index (κ2) is 3.45. The van der Waals surface area contributed by atoms with E-state index in [0.29, 0.717) is 25.7 Å². The Morgan fingerprint density at radius 1 is 1.19 bits per heavy atom. The van der Waals surface area contributed by atoms with Crippen LogP contribution in [0.3, 0.4) is 0 Å². The van der Waals surface area contributed by atoms with Crippen molar-refractivity contribution in [2.75, 3.05) is 14.2 Å². The first-order valence-corrected chi connectivity index (χ1v) is 5.36. The zero-order chi connectivity index (χ0) is 12.0. The molecule has 5 nitrogen and oxygen atoms in total. The van der Waals surface area contributed by atoms with Crippen LogP contribution in [0.5, 0.6) is 0 Å². The Bertz CT molecular complexity index is 339. The fraction of sp³-hybridized carbons (Fsp3) is 0.818. The standard InChI is InChI=1S/C11H16O5/c1-15-8(13)10-3-4-11(6-10,7(12)5-10)9(14)16-2/h7,12H,3-6H2,1-2H3/t7-,10-,11-/m1/s1. The molecule has 3 atom stereocenters.